The zero-order chi connectivity index (χ0) is 18.8. The Hall–Kier alpha value is -1.62. The molecule has 5 nitrogen and oxygen atoms in total. The largest absolute Gasteiger partial charge is 0.444 e. The van der Waals surface area contributed by atoms with Crippen LogP contribution in [0.15, 0.2) is 6.07 Å². The first-order valence-corrected chi connectivity index (χ1v) is 9.25. The van der Waals surface area contributed by atoms with Gasteiger partial charge in [-0.2, -0.15) is 0 Å². The van der Waals surface area contributed by atoms with Gasteiger partial charge in [-0.25, -0.2) is 4.79 Å². The minimum atomic E-state index is -0.452. The Morgan fingerprint density at radius 2 is 2.04 bits per heavy atom. The lowest BCUT2D eigenvalue weighted by molar-refractivity contribution is 0.0184. The molecule has 1 aliphatic rings. The molecule has 0 aliphatic carbocycles. The summed E-state index contributed by atoms with van der Waals surface area (Å²) < 4.78 is 5.52. The van der Waals surface area contributed by atoms with E-state index < -0.39 is 5.60 Å². The van der Waals surface area contributed by atoms with Crippen LogP contribution in [0, 0.1) is 20.8 Å². The summed E-state index contributed by atoms with van der Waals surface area (Å²) in [6.07, 6.45) is 1.85. The maximum Gasteiger partial charge on any atom is 0.410 e. The molecule has 1 saturated heterocycles. The van der Waals surface area contributed by atoms with Gasteiger partial charge < -0.3 is 15.0 Å². The molecule has 2 rings (SSSR count). The first-order chi connectivity index (χ1) is 11.6. The number of piperidine rings is 1. The molecule has 1 aromatic heterocycles. The summed E-state index contributed by atoms with van der Waals surface area (Å²) in [4.78, 5) is 18.8. The Morgan fingerprint density at radius 3 is 2.64 bits per heavy atom. The number of hydrogen-bond acceptors (Lipinski definition) is 4. The molecule has 1 amide bonds. The fraction of sp³-hybridized carbons (Fsp3) is 0.700. The molecule has 2 heterocycles. The van der Waals surface area contributed by atoms with Gasteiger partial charge in [0.25, 0.3) is 0 Å². The van der Waals surface area contributed by atoms with E-state index in [2.05, 4.69) is 37.1 Å². The summed E-state index contributed by atoms with van der Waals surface area (Å²) in [5.41, 5.74) is 4.22. The van der Waals surface area contributed by atoms with Crippen LogP contribution in [0.1, 0.15) is 69.1 Å². The van der Waals surface area contributed by atoms with Crippen molar-refractivity contribution in [1.29, 1.82) is 0 Å². The number of likely N-dealkylation sites (tertiary alicyclic amines) is 1. The van der Waals surface area contributed by atoms with Gasteiger partial charge in [0.1, 0.15) is 5.60 Å². The van der Waals surface area contributed by atoms with Crippen LogP contribution in [0.25, 0.3) is 0 Å². The van der Waals surface area contributed by atoms with Crippen LogP contribution >= 0.6 is 0 Å². The highest BCUT2D eigenvalue weighted by Gasteiger charge is 2.28. The molecule has 1 aromatic rings. The first kappa shape index (κ1) is 19.7. The van der Waals surface area contributed by atoms with E-state index in [-0.39, 0.29) is 18.2 Å². The van der Waals surface area contributed by atoms with Crippen molar-refractivity contribution in [3.05, 3.63) is 28.6 Å². The summed E-state index contributed by atoms with van der Waals surface area (Å²) in [7, 11) is 0. The number of rotatable bonds is 3. The van der Waals surface area contributed by atoms with Crippen molar-refractivity contribution in [2.75, 3.05) is 13.1 Å². The Bertz CT molecular complexity index is 599. The van der Waals surface area contributed by atoms with E-state index in [1.165, 1.54) is 11.1 Å². The molecule has 0 radical (unpaired) electrons. The summed E-state index contributed by atoms with van der Waals surface area (Å²) in [6.45, 7) is 15.6. The average Bonchev–Trinajstić information content (AvgIpc) is 2.44. The van der Waals surface area contributed by atoms with Crippen molar-refractivity contribution in [2.45, 2.75) is 79.0 Å². The molecule has 140 valence electrons. The van der Waals surface area contributed by atoms with Crippen LogP contribution in [-0.2, 0) is 4.74 Å². The maximum absolute atomic E-state index is 12.3. The summed E-state index contributed by atoms with van der Waals surface area (Å²) in [6, 6.07) is 2.61. The molecule has 2 atom stereocenters. The third kappa shape index (κ3) is 5.43. The molecule has 0 bridgehead atoms. The summed E-state index contributed by atoms with van der Waals surface area (Å²) in [5.74, 6) is 0. The van der Waals surface area contributed by atoms with E-state index in [4.69, 9.17) is 4.74 Å². The number of carbonyl (C=O) groups is 1. The van der Waals surface area contributed by atoms with Crippen LogP contribution in [0.3, 0.4) is 0 Å². The fourth-order valence-corrected chi connectivity index (χ4v) is 3.73. The number of hydrogen-bond donors (Lipinski definition) is 1. The van der Waals surface area contributed by atoms with Crippen molar-refractivity contribution < 1.29 is 9.53 Å². The second-order valence-electron chi connectivity index (χ2n) is 8.23. The van der Waals surface area contributed by atoms with Crippen molar-refractivity contribution in [3.63, 3.8) is 0 Å². The normalized spacial score (nSPS) is 19.6. The third-order valence-corrected chi connectivity index (χ3v) is 4.58. The maximum atomic E-state index is 12.3. The van der Waals surface area contributed by atoms with Gasteiger partial charge >= 0.3 is 6.09 Å². The predicted molar refractivity (Wildman–Crippen MR) is 101 cm³/mol. The SMILES string of the molecule is Cc1cc(C)c(C(C)NC2CCCN(C(=O)OC(C)(C)C)C2)c(C)n1. The molecule has 1 N–H and O–H groups in total. The Balaban J connectivity index is 2.02. The van der Waals surface area contributed by atoms with Gasteiger partial charge in [0.05, 0.1) is 0 Å². The molecule has 5 heteroatoms. The highest BCUT2D eigenvalue weighted by molar-refractivity contribution is 5.68. The molecule has 2 unspecified atom stereocenters. The lowest BCUT2D eigenvalue weighted by atomic mass is 9.98. The molecule has 1 aliphatic heterocycles. The lowest BCUT2D eigenvalue weighted by Gasteiger charge is -2.36. The monoisotopic (exact) mass is 347 g/mol. The molecule has 0 spiro atoms. The number of nitrogens with zero attached hydrogens (tertiary/aromatic N) is 2. The number of aryl methyl sites for hydroxylation is 3. The van der Waals surface area contributed by atoms with Crippen molar-refractivity contribution in [2.24, 2.45) is 0 Å². The van der Waals surface area contributed by atoms with Crippen LogP contribution in [0.5, 0.6) is 0 Å². The first-order valence-electron chi connectivity index (χ1n) is 9.25. The van der Waals surface area contributed by atoms with Crippen LogP contribution in [0.4, 0.5) is 4.79 Å². The molecule has 0 aromatic carbocycles. The smallest absolute Gasteiger partial charge is 0.410 e. The minimum absolute atomic E-state index is 0.205. The molecular formula is C20H33N3O2. The van der Waals surface area contributed by atoms with Gasteiger partial charge in [0, 0.05) is 36.6 Å². The number of nitrogens with one attached hydrogen (secondary N) is 1. The number of ether oxygens (including phenoxy) is 1. The standard InChI is InChI=1S/C20H33N3O2/c1-13-11-14(2)21-15(3)18(13)16(4)22-17-9-8-10-23(12-17)19(24)25-20(5,6)7/h11,16-17,22H,8-10,12H2,1-7H3. The van der Waals surface area contributed by atoms with Crippen LogP contribution < -0.4 is 5.32 Å². The van der Waals surface area contributed by atoms with Crippen LogP contribution in [0.2, 0.25) is 0 Å². The van der Waals surface area contributed by atoms with Crippen molar-refractivity contribution in [3.8, 4) is 0 Å². The van der Waals surface area contributed by atoms with E-state index in [0.717, 1.165) is 30.8 Å². The summed E-state index contributed by atoms with van der Waals surface area (Å²) in [5, 5.41) is 3.69. The fourth-order valence-electron chi connectivity index (χ4n) is 3.73. The van der Waals surface area contributed by atoms with Crippen molar-refractivity contribution in [1.82, 2.24) is 15.2 Å². The minimum Gasteiger partial charge on any atom is -0.444 e. The quantitative estimate of drug-likeness (QED) is 0.896. The Kier molecular flexibility index (Phi) is 6.09. The average molecular weight is 348 g/mol. The number of amides is 1. The highest BCUT2D eigenvalue weighted by atomic mass is 16.6. The highest BCUT2D eigenvalue weighted by Crippen LogP contribution is 2.23. The van der Waals surface area contributed by atoms with Gasteiger partial charge in [0.2, 0.25) is 0 Å². The zero-order valence-corrected chi connectivity index (χ0v) is 16.8. The number of carbonyl (C=O) groups excluding carboxylic acids is 1. The summed E-state index contributed by atoms with van der Waals surface area (Å²) >= 11 is 0. The topological polar surface area (TPSA) is 54.5 Å². The van der Waals surface area contributed by atoms with E-state index in [9.17, 15) is 4.79 Å². The van der Waals surface area contributed by atoms with E-state index in [1.807, 2.05) is 32.6 Å². The molecule has 25 heavy (non-hydrogen) atoms. The van der Waals surface area contributed by atoms with Crippen molar-refractivity contribution >= 4 is 6.09 Å². The van der Waals surface area contributed by atoms with Gasteiger partial charge in [-0.1, -0.05) is 0 Å². The Morgan fingerprint density at radius 1 is 1.36 bits per heavy atom. The van der Waals surface area contributed by atoms with Gasteiger partial charge in [0.15, 0.2) is 0 Å². The predicted octanol–water partition coefficient (Wildman–Crippen LogP) is 4.06. The van der Waals surface area contributed by atoms with Gasteiger partial charge in [-0.15, -0.1) is 0 Å². The Labute approximate surface area is 152 Å². The zero-order valence-electron chi connectivity index (χ0n) is 16.8. The van der Waals surface area contributed by atoms with Gasteiger partial charge in [-0.3, -0.25) is 4.98 Å². The van der Waals surface area contributed by atoms with E-state index >= 15 is 0 Å². The second-order valence-corrected chi connectivity index (χ2v) is 8.23. The lowest BCUT2D eigenvalue weighted by Crippen LogP contribution is -2.49. The molecule has 1 fully saturated rings. The van der Waals surface area contributed by atoms with E-state index in [0.29, 0.717) is 6.54 Å². The third-order valence-electron chi connectivity index (χ3n) is 4.58. The molecular weight excluding hydrogens is 314 g/mol. The number of aromatic nitrogens is 1. The van der Waals surface area contributed by atoms with Crippen LogP contribution in [-0.4, -0.2) is 40.7 Å². The number of pyridine rings is 1. The molecule has 0 saturated carbocycles. The second kappa shape index (κ2) is 7.73. The van der Waals surface area contributed by atoms with E-state index in [1.54, 1.807) is 0 Å². The van der Waals surface area contributed by atoms with Gasteiger partial charge in [-0.05, 0) is 78.5 Å².